The van der Waals surface area contributed by atoms with E-state index in [0.717, 1.165) is 35.6 Å². The third kappa shape index (κ3) is 3.67. The van der Waals surface area contributed by atoms with Crippen LogP contribution in [0.4, 0.5) is 0 Å². The number of aromatic nitrogens is 3. The van der Waals surface area contributed by atoms with Crippen molar-refractivity contribution in [2.24, 2.45) is 0 Å². The van der Waals surface area contributed by atoms with Crippen LogP contribution in [0.2, 0.25) is 0 Å². The first-order valence-electron chi connectivity index (χ1n) is 10.0. The number of nitrogens with zero attached hydrogens (tertiary/aromatic N) is 4. The summed E-state index contributed by atoms with van der Waals surface area (Å²) < 4.78 is 34.6. The molecule has 158 valence electrons. The summed E-state index contributed by atoms with van der Waals surface area (Å²) in [5, 5.41) is 9.23. The van der Waals surface area contributed by atoms with E-state index in [-0.39, 0.29) is 23.9 Å². The van der Waals surface area contributed by atoms with Gasteiger partial charge in [0.05, 0.1) is 12.2 Å². The second kappa shape index (κ2) is 7.82. The lowest BCUT2D eigenvalue weighted by Crippen LogP contribution is -2.41. The first-order valence-corrected chi connectivity index (χ1v) is 12.8. The van der Waals surface area contributed by atoms with Gasteiger partial charge in [-0.1, -0.05) is 17.3 Å². The van der Waals surface area contributed by atoms with Crippen LogP contribution >= 0.6 is 11.8 Å². The van der Waals surface area contributed by atoms with E-state index < -0.39 is 10.0 Å². The van der Waals surface area contributed by atoms with E-state index in [1.807, 2.05) is 18.2 Å². The molecule has 1 atom stereocenters. The number of rotatable bonds is 5. The Bertz CT molecular complexity index is 1250. The smallest absolute Gasteiger partial charge is 0.267 e. The number of benzene rings is 1. The molecule has 30 heavy (non-hydrogen) atoms. The van der Waals surface area contributed by atoms with E-state index in [1.165, 1.54) is 8.99 Å². The highest BCUT2D eigenvalue weighted by atomic mass is 32.2. The highest BCUT2D eigenvalue weighted by Gasteiger charge is 2.36. The maximum absolute atomic E-state index is 13.2. The molecule has 1 aromatic carbocycles. The average Bonchev–Trinajstić information content (AvgIpc) is 3.36. The van der Waals surface area contributed by atoms with Crippen molar-refractivity contribution >= 4 is 32.8 Å². The molecule has 0 saturated carbocycles. The number of hydrogen-bond acceptors (Lipinski definition) is 7. The molecule has 1 fully saturated rings. The quantitative estimate of drug-likeness (QED) is 0.592. The highest BCUT2D eigenvalue weighted by Crippen LogP contribution is 2.27. The Hall–Kier alpha value is -2.17. The molecule has 2 aliphatic rings. The zero-order valence-corrected chi connectivity index (χ0v) is 18.0. The molecule has 0 amide bonds. The van der Waals surface area contributed by atoms with Gasteiger partial charge in [-0.2, -0.15) is 21.2 Å². The Morgan fingerprint density at radius 3 is 3.03 bits per heavy atom. The van der Waals surface area contributed by atoms with E-state index in [0.29, 0.717) is 29.6 Å². The van der Waals surface area contributed by atoms with Gasteiger partial charge in [-0.3, -0.25) is 4.79 Å². The van der Waals surface area contributed by atoms with E-state index in [1.54, 1.807) is 23.9 Å². The molecule has 8 nitrogen and oxygen atoms in total. The average molecular weight is 447 g/mol. The summed E-state index contributed by atoms with van der Waals surface area (Å²) in [6.45, 7) is 0.719. The van der Waals surface area contributed by atoms with Crippen LogP contribution in [0, 0.1) is 0 Å². The molecule has 1 unspecified atom stereocenters. The summed E-state index contributed by atoms with van der Waals surface area (Å²) >= 11 is 1.80. The van der Waals surface area contributed by atoms with Crippen molar-refractivity contribution in [1.82, 2.24) is 19.2 Å². The van der Waals surface area contributed by atoms with Crippen molar-refractivity contribution in [3.8, 4) is 0 Å². The van der Waals surface area contributed by atoms with Gasteiger partial charge in [0.15, 0.2) is 5.58 Å². The maximum atomic E-state index is 13.2. The fourth-order valence-corrected chi connectivity index (χ4v) is 6.94. The Labute approximate surface area is 178 Å². The number of sulfonamides is 1. The molecule has 0 N–H and O–H groups in total. The first kappa shape index (κ1) is 19.8. The fourth-order valence-electron chi connectivity index (χ4n) is 4.24. The lowest BCUT2D eigenvalue weighted by Gasteiger charge is -2.24. The summed E-state index contributed by atoms with van der Waals surface area (Å²) in [4.78, 5) is 12.5. The monoisotopic (exact) mass is 446 g/mol. The van der Waals surface area contributed by atoms with E-state index >= 15 is 0 Å². The third-order valence-electron chi connectivity index (χ3n) is 5.74. The minimum Gasteiger partial charge on any atom is -0.356 e. The second-order valence-corrected chi connectivity index (χ2v) is 10.8. The van der Waals surface area contributed by atoms with Crippen LogP contribution in [0.25, 0.3) is 11.0 Å². The third-order valence-corrected chi connectivity index (χ3v) is 8.58. The van der Waals surface area contributed by atoms with Crippen LogP contribution in [0.5, 0.6) is 0 Å². The summed E-state index contributed by atoms with van der Waals surface area (Å²) in [6.07, 6.45) is 2.31. The minimum atomic E-state index is -3.61. The van der Waals surface area contributed by atoms with Gasteiger partial charge in [0, 0.05) is 36.2 Å². The molecule has 3 aromatic rings. The van der Waals surface area contributed by atoms with Crippen LogP contribution in [-0.2, 0) is 34.5 Å². The summed E-state index contributed by atoms with van der Waals surface area (Å²) in [6, 6.07) is 8.61. The van der Waals surface area contributed by atoms with Gasteiger partial charge in [0.1, 0.15) is 11.4 Å². The van der Waals surface area contributed by atoms with E-state index in [4.69, 9.17) is 4.52 Å². The van der Waals surface area contributed by atoms with Gasteiger partial charge >= 0.3 is 0 Å². The first-order chi connectivity index (χ1) is 14.5. The van der Waals surface area contributed by atoms with Crippen molar-refractivity contribution in [2.45, 2.75) is 43.4 Å². The number of fused-ring (bicyclic) bond motifs is 2. The Morgan fingerprint density at radius 1 is 1.27 bits per heavy atom. The standard InChI is InChI=1S/C20H22N4O4S2/c25-20-10-14-12-29-9-7-17(14)21-23(20)11-15-4-3-8-24(15)30(26,27)13-18-16-5-1-2-6-19(16)28-22-18/h1-2,5-6,10,15H,3-4,7-9,11-13H2. The summed E-state index contributed by atoms with van der Waals surface area (Å²) in [5.74, 6) is 1.59. The molecule has 2 aliphatic heterocycles. The van der Waals surface area contributed by atoms with E-state index in [9.17, 15) is 13.2 Å². The molecule has 5 rings (SSSR count). The van der Waals surface area contributed by atoms with Gasteiger partial charge < -0.3 is 4.52 Å². The second-order valence-electron chi connectivity index (χ2n) is 7.73. The van der Waals surface area contributed by atoms with Crippen molar-refractivity contribution in [3.63, 3.8) is 0 Å². The molecular formula is C20H22N4O4S2. The Morgan fingerprint density at radius 2 is 2.13 bits per heavy atom. The number of hydrogen-bond donors (Lipinski definition) is 0. The van der Waals surface area contributed by atoms with Gasteiger partial charge in [0.25, 0.3) is 5.56 Å². The molecule has 0 radical (unpaired) electrons. The van der Waals surface area contributed by atoms with Gasteiger partial charge in [0.2, 0.25) is 10.0 Å². The van der Waals surface area contributed by atoms with E-state index in [2.05, 4.69) is 10.3 Å². The topological polar surface area (TPSA) is 98.3 Å². The van der Waals surface area contributed by atoms with Crippen molar-refractivity contribution in [3.05, 3.63) is 57.6 Å². The van der Waals surface area contributed by atoms with Crippen LogP contribution in [0.15, 0.2) is 39.6 Å². The van der Waals surface area contributed by atoms with Gasteiger partial charge in [-0.15, -0.1) is 0 Å². The molecule has 10 heteroatoms. The molecular weight excluding hydrogens is 424 g/mol. The van der Waals surface area contributed by atoms with Gasteiger partial charge in [-0.05, 0) is 36.3 Å². The number of aryl methyl sites for hydroxylation is 1. The van der Waals surface area contributed by atoms with Crippen LogP contribution in [0.1, 0.15) is 29.8 Å². The zero-order chi connectivity index (χ0) is 20.7. The predicted octanol–water partition coefficient (Wildman–Crippen LogP) is 2.17. The summed E-state index contributed by atoms with van der Waals surface area (Å²) in [7, 11) is -3.61. The molecule has 1 saturated heterocycles. The van der Waals surface area contributed by atoms with Crippen molar-refractivity contribution in [1.29, 1.82) is 0 Å². The lowest BCUT2D eigenvalue weighted by atomic mass is 10.2. The predicted molar refractivity (Wildman–Crippen MR) is 115 cm³/mol. The van der Waals surface area contributed by atoms with Crippen molar-refractivity contribution in [2.75, 3.05) is 12.3 Å². The zero-order valence-electron chi connectivity index (χ0n) is 16.4. The van der Waals surface area contributed by atoms with Crippen molar-refractivity contribution < 1.29 is 12.9 Å². The van der Waals surface area contributed by atoms with Crippen LogP contribution < -0.4 is 5.56 Å². The Balaban J connectivity index is 1.39. The summed E-state index contributed by atoms with van der Waals surface area (Å²) in [5.41, 5.74) is 2.78. The fraction of sp³-hybridized carbons (Fsp3) is 0.450. The van der Waals surface area contributed by atoms with Gasteiger partial charge in [-0.25, -0.2) is 13.1 Å². The molecule has 0 bridgehead atoms. The number of thioether (sulfide) groups is 1. The lowest BCUT2D eigenvalue weighted by molar-refractivity contribution is 0.333. The molecule has 4 heterocycles. The number of para-hydroxylation sites is 1. The SMILES string of the molecule is O=c1cc2c(nn1CC1CCCN1S(=O)(=O)Cc1noc3ccccc13)CCSC2. The van der Waals surface area contributed by atoms with Crippen LogP contribution in [-0.4, -0.2) is 46.0 Å². The molecule has 0 aliphatic carbocycles. The normalized spacial score (nSPS) is 19.9. The maximum Gasteiger partial charge on any atom is 0.267 e. The largest absolute Gasteiger partial charge is 0.356 e. The highest BCUT2D eigenvalue weighted by molar-refractivity contribution is 7.98. The Kier molecular flexibility index (Phi) is 5.16. The molecule has 2 aromatic heterocycles. The van der Waals surface area contributed by atoms with Crippen LogP contribution in [0.3, 0.4) is 0 Å². The molecule has 0 spiro atoms. The minimum absolute atomic E-state index is 0.164.